The van der Waals surface area contributed by atoms with Crippen LogP contribution in [-0.4, -0.2) is 67.4 Å². The van der Waals surface area contributed by atoms with Gasteiger partial charge in [-0.2, -0.15) is 0 Å². The Hall–Kier alpha value is -2.75. The van der Waals surface area contributed by atoms with Crippen molar-refractivity contribution < 1.29 is 28.4 Å². The van der Waals surface area contributed by atoms with E-state index in [9.17, 15) is 9.90 Å². The van der Waals surface area contributed by atoms with Gasteiger partial charge in [-0.15, -0.1) is 0 Å². The minimum absolute atomic E-state index is 0.0168. The van der Waals surface area contributed by atoms with Crippen LogP contribution in [-0.2, 0) is 22.1 Å². The van der Waals surface area contributed by atoms with Gasteiger partial charge in [-0.25, -0.2) is 0 Å². The van der Waals surface area contributed by atoms with Gasteiger partial charge in [0.05, 0.1) is 18.4 Å². The lowest BCUT2D eigenvalue weighted by molar-refractivity contribution is -0.138. The highest BCUT2D eigenvalue weighted by atomic mass is 28.4. The highest BCUT2D eigenvalue weighted by Crippen LogP contribution is 2.59. The highest BCUT2D eigenvalue weighted by molar-refractivity contribution is 6.74. The fourth-order valence-corrected chi connectivity index (χ4v) is 10.2. The van der Waals surface area contributed by atoms with Crippen LogP contribution in [0.1, 0.15) is 110 Å². The van der Waals surface area contributed by atoms with E-state index in [0.29, 0.717) is 41.0 Å². The Morgan fingerprint density at radius 2 is 1.81 bits per heavy atom. The monoisotopic (exact) mass is 662 g/mol. The van der Waals surface area contributed by atoms with E-state index < -0.39 is 19.8 Å². The standard InChI is InChI=1S/C38H54N2O6Si/c1-21(2)29-27-19-25-18-26-28(44-8)20-24(14-13-17-40-15-11-12-16-40)22(3)30(26)33(41)32(25)36(43)38(27,46-47(9,10)37(5,6)7)35(42)31-23(4)39-45-34(29)31/h20-21,25,27,29,41H,11-19H2,1-10H3/t25-,27-,29-,38+/m0/s1. The number of aromatic nitrogens is 1. The normalized spacial score (nSPS) is 26.4. The summed E-state index contributed by atoms with van der Waals surface area (Å²) in [7, 11) is -1.03. The quantitative estimate of drug-likeness (QED) is 0.226. The summed E-state index contributed by atoms with van der Waals surface area (Å²) in [5.41, 5.74) is 3.15. The average Bonchev–Trinajstić information content (AvgIpc) is 3.64. The lowest BCUT2D eigenvalue weighted by Gasteiger charge is -2.55. The molecule has 1 N–H and O–H groups in total. The van der Waals surface area contributed by atoms with Crippen LogP contribution in [0.4, 0.5) is 0 Å². The summed E-state index contributed by atoms with van der Waals surface area (Å²) in [6.45, 7) is 22.0. The Kier molecular flexibility index (Phi) is 8.70. The lowest BCUT2D eigenvalue weighted by Crippen LogP contribution is -2.67. The number of fused-ring (bicyclic) bond motifs is 4. The van der Waals surface area contributed by atoms with E-state index >= 15 is 4.79 Å². The van der Waals surface area contributed by atoms with Crippen LogP contribution in [0, 0.1) is 31.6 Å². The molecule has 0 bridgehead atoms. The van der Waals surface area contributed by atoms with E-state index in [0.717, 1.165) is 54.9 Å². The largest absolute Gasteiger partial charge is 0.507 e. The molecule has 0 radical (unpaired) electrons. The molecule has 9 heteroatoms. The molecule has 0 spiro atoms. The van der Waals surface area contributed by atoms with Gasteiger partial charge in [0.1, 0.15) is 11.5 Å². The van der Waals surface area contributed by atoms with Crippen molar-refractivity contribution in [2.24, 2.45) is 17.8 Å². The number of aliphatic hydroxyl groups is 1. The van der Waals surface area contributed by atoms with Crippen molar-refractivity contribution >= 4 is 25.6 Å². The summed E-state index contributed by atoms with van der Waals surface area (Å²) in [5, 5.41) is 16.3. The van der Waals surface area contributed by atoms with Gasteiger partial charge in [-0.1, -0.05) is 39.8 Å². The van der Waals surface area contributed by atoms with Crippen molar-refractivity contribution in [2.45, 2.75) is 117 Å². The minimum atomic E-state index is -2.71. The summed E-state index contributed by atoms with van der Waals surface area (Å²) < 4.78 is 19.1. The molecular weight excluding hydrogens is 609 g/mol. The Bertz CT molecular complexity index is 1630. The Morgan fingerprint density at radius 1 is 1.13 bits per heavy atom. The first kappa shape index (κ1) is 34.1. The third-order valence-electron chi connectivity index (χ3n) is 12.2. The van der Waals surface area contributed by atoms with Crippen molar-refractivity contribution in [1.82, 2.24) is 10.1 Å². The van der Waals surface area contributed by atoms with Crippen molar-refractivity contribution in [2.75, 3.05) is 26.7 Å². The van der Waals surface area contributed by atoms with Crippen LogP contribution in [0.3, 0.4) is 0 Å². The lowest BCUT2D eigenvalue weighted by atomic mass is 9.54. The van der Waals surface area contributed by atoms with Crippen molar-refractivity contribution in [3.05, 3.63) is 50.9 Å². The number of ketones is 2. The SMILES string of the molecule is COc1cc(CCCN2CCCC2)c(C)c2c1C[C@H]1C[C@H]3[C@H](C(C)C)c4onc(C)c4C(=O)[C@@]3(O[Si](C)(C)C(C)(C)C)C(=O)C1=C2O. The van der Waals surface area contributed by atoms with Gasteiger partial charge in [-0.05, 0) is 119 Å². The minimum Gasteiger partial charge on any atom is -0.507 e. The first-order valence-corrected chi connectivity index (χ1v) is 20.6. The molecule has 2 aromatic rings. The van der Waals surface area contributed by atoms with Crippen LogP contribution in [0.5, 0.6) is 5.75 Å². The van der Waals surface area contributed by atoms with Gasteiger partial charge in [0, 0.05) is 28.5 Å². The molecule has 4 aliphatic rings. The molecule has 0 amide bonds. The topological polar surface area (TPSA) is 102 Å². The molecular formula is C38H54N2O6Si. The van der Waals surface area contributed by atoms with Gasteiger partial charge in [-0.3, -0.25) is 9.59 Å². The third-order valence-corrected chi connectivity index (χ3v) is 16.7. The molecule has 8 nitrogen and oxygen atoms in total. The smallest absolute Gasteiger partial charge is 0.207 e. The molecule has 0 unspecified atom stereocenters. The zero-order chi connectivity index (χ0) is 34.2. The van der Waals surface area contributed by atoms with E-state index in [-0.39, 0.29) is 40.1 Å². The van der Waals surface area contributed by atoms with Crippen LogP contribution in [0.25, 0.3) is 5.76 Å². The number of carbonyl (C=O) groups excluding carboxylic acids is 2. The summed E-state index contributed by atoms with van der Waals surface area (Å²) in [5.74, 6) is -0.381. The molecule has 4 atom stereocenters. The molecule has 1 saturated carbocycles. The molecule has 1 aromatic heterocycles. The first-order valence-electron chi connectivity index (χ1n) is 17.7. The summed E-state index contributed by atoms with van der Waals surface area (Å²) in [6, 6.07) is 2.14. The maximum atomic E-state index is 15.4. The average molecular weight is 663 g/mol. The van der Waals surface area contributed by atoms with Gasteiger partial charge >= 0.3 is 0 Å². The number of Topliss-reactive ketones (excluding diaryl/α,β-unsaturated/α-hetero) is 2. The first-order chi connectivity index (χ1) is 22.0. The summed E-state index contributed by atoms with van der Waals surface area (Å²) >= 11 is 0. The van der Waals surface area contributed by atoms with Gasteiger partial charge in [0.15, 0.2) is 19.7 Å². The zero-order valence-corrected chi connectivity index (χ0v) is 31.1. The van der Waals surface area contributed by atoms with Gasteiger partial charge in [0.25, 0.3) is 0 Å². The maximum Gasteiger partial charge on any atom is 0.207 e. The van der Waals surface area contributed by atoms with Gasteiger partial charge < -0.3 is 23.7 Å². The molecule has 2 heterocycles. The Balaban J connectivity index is 1.52. The number of aliphatic hydroxyl groups excluding tert-OH is 1. The predicted octanol–water partition coefficient (Wildman–Crippen LogP) is 7.76. The van der Waals surface area contributed by atoms with Crippen molar-refractivity contribution in [3.63, 3.8) is 0 Å². The number of carbonyl (C=O) groups is 2. The van der Waals surface area contributed by atoms with E-state index in [1.807, 2.05) is 6.92 Å². The third kappa shape index (κ3) is 5.26. The van der Waals surface area contributed by atoms with Crippen LogP contribution in [0.2, 0.25) is 18.1 Å². The molecule has 2 fully saturated rings. The molecule has 1 saturated heterocycles. The molecule has 6 rings (SSSR count). The van der Waals surface area contributed by atoms with Crippen LogP contribution in [0.15, 0.2) is 16.2 Å². The number of methoxy groups -OCH3 is 1. The zero-order valence-electron chi connectivity index (χ0n) is 30.1. The second-order valence-corrected chi connectivity index (χ2v) is 21.1. The number of rotatable bonds is 8. The van der Waals surface area contributed by atoms with Crippen molar-refractivity contribution in [1.29, 1.82) is 0 Å². The molecule has 3 aliphatic carbocycles. The molecule has 47 heavy (non-hydrogen) atoms. The Labute approximate surface area is 281 Å². The number of nitrogens with zero attached hydrogens (tertiary/aromatic N) is 2. The number of hydrogen-bond donors (Lipinski definition) is 1. The number of benzene rings is 1. The van der Waals surface area contributed by atoms with E-state index in [2.05, 4.69) is 63.8 Å². The summed E-state index contributed by atoms with van der Waals surface area (Å²) in [4.78, 5) is 32.9. The maximum absolute atomic E-state index is 15.4. The Morgan fingerprint density at radius 3 is 2.43 bits per heavy atom. The predicted molar refractivity (Wildman–Crippen MR) is 186 cm³/mol. The van der Waals surface area contributed by atoms with E-state index in [4.69, 9.17) is 13.7 Å². The number of aryl methyl sites for hydroxylation is 2. The molecule has 1 aromatic carbocycles. The van der Waals surface area contributed by atoms with Crippen LogP contribution >= 0.6 is 0 Å². The fraction of sp³-hybridized carbons (Fsp3) is 0.658. The second-order valence-electron chi connectivity index (χ2n) is 16.4. The highest BCUT2D eigenvalue weighted by Gasteiger charge is 2.68. The fourth-order valence-electron chi connectivity index (χ4n) is 8.76. The van der Waals surface area contributed by atoms with Crippen LogP contribution < -0.4 is 4.74 Å². The molecule has 256 valence electrons. The van der Waals surface area contributed by atoms with E-state index in [1.165, 1.54) is 12.8 Å². The van der Waals surface area contributed by atoms with Crippen molar-refractivity contribution in [3.8, 4) is 5.75 Å². The number of ether oxygens (including phenoxy) is 1. The van der Waals surface area contributed by atoms with Gasteiger partial charge in [0.2, 0.25) is 11.6 Å². The number of likely N-dealkylation sites (tertiary alicyclic amines) is 1. The molecule has 1 aliphatic heterocycles. The second kappa shape index (κ2) is 12.0. The summed E-state index contributed by atoms with van der Waals surface area (Å²) in [6.07, 6.45) is 5.46. The number of hydrogen-bond acceptors (Lipinski definition) is 8. The van der Waals surface area contributed by atoms with E-state index in [1.54, 1.807) is 14.0 Å².